The van der Waals surface area contributed by atoms with E-state index in [1.165, 1.54) is 6.20 Å². The van der Waals surface area contributed by atoms with Gasteiger partial charge in [-0.15, -0.1) is 0 Å². The number of likely N-dealkylation sites (tertiary alicyclic amines) is 1. The predicted molar refractivity (Wildman–Crippen MR) is 138 cm³/mol. The zero-order chi connectivity index (χ0) is 28.2. The van der Waals surface area contributed by atoms with Crippen LogP contribution < -0.4 is 10.6 Å². The summed E-state index contributed by atoms with van der Waals surface area (Å²) in [6.45, 7) is 0.204. The Morgan fingerprint density at radius 1 is 1.12 bits per heavy atom. The third-order valence-electron chi connectivity index (χ3n) is 8.30. The van der Waals surface area contributed by atoms with Crippen molar-refractivity contribution in [2.75, 3.05) is 11.9 Å². The highest BCUT2D eigenvalue weighted by molar-refractivity contribution is 6.06. The van der Waals surface area contributed by atoms with Crippen LogP contribution in [0, 0.1) is 0 Å². The summed E-state index contributed by atoms with van der Waals surface area (Å²) in [4.78, 5) is 49.0. The average molecular weight is 550 g/mol. The zero-order valence-corrected chi connectivity index (χ0v) is 21.5. The predicted octanol–water partition coefficient (Wildman–Crippen LogP) is 3.53. The van der Waals surface area contributed by atoms with E-state index in [0.29, 0.717) is 24.4 Å². The minimum Gasteiger partial charge on any atom is -0.340 e. The number of aromatic nitrogens is 2. The lowest BCUT2D eigenvalue weighted by Gasteiger charge is -2.43. The highest BCUT2D eigenvalue weighted by atomic mass is 19.4. The van der Waals surface area contributed by atoms with Crippen LogP contribution in [0.5, 0.6) is 0 Å². The number of pyridine rings is 2. The van der Waals surface area contributed by atoms with Gasteiger partial charge in [0.15, 0.2) is 0 Å². The van der Waals surface area contributed by atoms with E-state index in [-0.39, 0.29) is 17.9 Å². The SMILES string of the molecule is C[C@@H]1[C@H](c2ccccc2)C[C@@H](NC(=O)c2cnc3c(c2)C[C@@]2(C3)C(=O)Nc3ncccc32)C(=O)N1CC(F)(F)F. The Kier molecular flexibility index (Phi) is 6.12. The van der Waals surface area contributed by atoms with Gasteiger partial charge in [-0.3, -0.25) is 19.4 Å². The highest BCUT2D eigenvalue weighted by Crippen LogP contribution is 2.46. The molecule has 4 atom stereocenters. The molecule has 4 heterocycles. The van der Waals surface area contributed by atoms with Crippen molar-refractivity contribution >= 4 is 23.5 Å². The first kappa shape index (κ1) is 26.0. The molecule has 206 valence electrons. The number of nitrogens with one attached hydrogen (secondary N) is 2. The smallest absolute Gasteiger partial charge is 0.340 e. The van der Waals surface area contributed by atoms with Crippen LogP contribution in [0.1, 0.15) is 52.0 Å². The van der Waals surface area contributed by atoms with E-state index < -0.39 is 48.0 Å². The van der Waals surface area contributed by atoms with Crippen LogP contribution in [0.3, 0.4) is 0 Å². The molecule has 1 aliphatic carbocycles. The number of hydrogen-bond acceptors (Lipinski definition) is 5. The Labute approximate surface area is 228 Å². The van der Waals surface area contributed by atoms with Crippen LogP contribution in [0.4, 0.5) is 19.0 Å². The van der Waals surface area contributed by atoms with Crippen molar-refractivity contribution in [3.63, 3.8) is 0 Å². The number of carbonyl (C=O) groups is 3. The standard InChI is InChI=1S/C29H26F3N5O3/c1-16-20(17-6-3-2-4-7-17)11-22(26(39)37(16)15-29(30,31)32)35-25(38)19-10-18-12-28(13-23(18)34-14-19)21-8-5-9-33-24(21)36-27(28)40/h2-10,14,16,20,22H,11-13,15H2,1H3,(H,35,38)(H,33,36,40)/t16-,20-,22-,28+/m1/s1. The topological polar surface area (TPSA) is 104 Å². The number of carbonyl (C=O) groups excluding carboxylic acids is 3. The first-order valence-electron chi connectivity index (χ1n) is 13.0. The van der Waals surface area contributed by atoms with Gasteiger partial charge >= 0.3 is 6.18 Å². The lowest BCUT2D eigenvalue weighted by molar-refractivity contribution is -0.170. The second-order valence-electron chi connectivity index (χ2n) is 10.7. The van der Waals surface area contributed by atoms with Gasteiger partial charge in [-0.05, 0) is 43.0 Å². The van der Waals surface area contributed by atoms with Gasteiger partial charge in [0.05, 0.1) is 11.0 Å². The molecule has 2 aromatic heterocycles. The van der Waals surface area contributed by atoms with Crippen LogP contribution in [0.25, 0.3) is 0 Å². The number of benzene rings is 1. The van der Waals surface area contributed by atoms with Gasteiger partial charge in [-0.2, -0.15) is 13.2 Å². The van der Waals surface area contributed by atoms with Crippen LogP contribution in [0.2, 0.25) is 0 Å². The van der Waals surface area contributed by atoms with Crippen molar-refractivity contribution in [1.82, 2.24) is 20.2 Å². The van der Waals surface area contributed by atoms with E-state index in [1.54, 1.807) is 37.4 Å². The van der Waals surface area contributed by atoms with Gasteiger partial charge < -0.3 is 15.5 Å². The van der Waals surface area contributed by atoms with Crippen molar-refractivity contribution in [3.8, 4) is 0 Å². The summed E-state index contributed by atoms with van der Waals surface area (Å²) in [5, 5.41) is 5.49. The first-order chi connectivity index (χ1) is 19.1. The van der Waals surface area contributed by atoms with Crippen molar-refractivity contribution in [2.45, 2.75) is 55.8 Å². The fourth-order valence-corrected chi connectivity index (χ4v) is 6.30. The molecule has 3 aliphatic rings. The fourth-order valence-electron chi connectivity index (χ4n) is 6.30. The van der Waals surface area contributed by atoms with E-state index in [0.717, 1.165) is 21.6 Å². The minimum absolute atomic E-state index is 0.162. The molecule has 3 amide bonds. The molecule has 11 heteroatoms. The van der Waals surface area contributed by atoms with Gasteiger partial charge in [-0.25, -0.2) is 4.98 Å². The summed E-state index contributed by atoms with van der Waals surface area (Å²) in [7, 11) is 0. The number of amides is 3. The molecular weight excluding hydrogens is 523 g/mol. The van der Waals surface area contributed by atoms with E-state index in [4.69, 9.17) is 0 Å². The molecule has 1 spiro atoms. The molecule has 0 saturated carbocycles. The molecular formula is C29H26F3N5O3. The van der Waals surface area contributed by atoms with Crippen molar-refractivity contribution < 1.29 is 27.6 Å². The van der Waals surface area contributed by atoms with Gasteiger partial charge in [-0.1, -0.05) is 36.4 Å². The van der Waals surface area contributed by atoms with Crippen LogP contribution in [0.15, 0.2) is 60.9 Å². The molecule has 8 nitrogen and oxygen atoms in total. The number of alkyl halides is 3. The molecule has 0 unspecified atom stereocenters. The Bertz CT molecular complexity index is 1510. The Morgan fingerprint density at radius 2 is 1.90 bits per heavy atom. The number of halogens is 3. The second kappa shape index (κ2) is 9.42. The summed E-state index contributed by atoms with van der Waals surface area (Å²) in [6, 6.07) is 12.4. The van der Waals surface area contributed by atoms with Gasteiger partial charge in [0, 0.05) is 42.0 Å². The quantitative estimate of drug-likeness (QED) is 0.518. The Hall–Kier alpha value is -4.28. The normalized spacial score (nSPS) is 25.5. The van der Waals surface area contributed by atoms with E-state index >= 15 is 0 Å². The van der Waals surface area contributed by atoms with Gasteiger partial charge in [0.1, 0.15) is 18.4 Å². The average Bonchev–Trinajstić information content (AvgIpc) is 3.44. The maximum Gasteiger partial charge on any atom is 0.406 e. The van der Waals surface area contributed by atoms with Crippen LogP contribution in [-0.2, 0) is 27.8 Å². The molecule has 40 heavy (non-hydrogen) atoms. The molecule has 6 rings (SSSR count). The molecule has 1 saturated heterocycles. The molecule has 1 fully saturated rings. The summed E-state index contributed by atoms with van der Waals surface area (Å²) < 4.78 is 40.3. The number of anilines is 1. The maximum atomic E-state index is 13.4. The maximum absolute atomic E-state index is 13.4. The Morgan fingerprint density at radius 3 is 2.65 bits per heavy atom. The summed E-state index contributed by atoms with van der Waals surface area (Å²) >= 11 is 0. The number of rotatable bonds is 4. The molecule has 0 bridgehead atoms. The molecule has 3 aromatic rings. The molecule has 2 N–H and O–H groups in total. The largest absolute Gasteiger partial charge is 0.406 e. The zero-order valence-electron chi connectivity index (χ0n) is 21.5. The van der Waals surface area contributed by atoms with Crippen molar-refractivity contribution in [3.05, 3.63) is 88.9 Å². The van der Waals surface area contributed by atoms with E-state index in [1.807, 2.05) is 24.3 Å². The Balaban J connectivity index is 1.25. The van der Waals surface area contributed by atoms with E-state index in [9.17, 15) is 27.6 Å². The van der Waals surface area contributed by atoms with Gasteiger partial charge in [0.2, 0.25) is 11.8 Å². The lowest BCUT2D eigenvalue weighted by Crippen LogP contribution is -2.59. The number of fused-ring (bicyclic) bond motifs is 3. The van der Waals surface area contributed by atoms with Crippen molar-refractivity contribution in [1.29, 1.82) is 0 Å². The van der Waals surface area contributed by atoms with Crippen LogP contribution in [-0.4, -0.2) is 57.4 Å². The summed E-state index contributed by atoms with van der Waals surface area (Å²) in [5.41, 5.74) is 2.30. The monoisotopic (exact) mass is 549 g/mol. The van der Waals surface area contributed by atoms with Gasteiger partial charge in [0.25, 0.3) is 5.91 Å². The lowest BCUT2D eigenvalue weighted by atomic mass is 9.80. The van der Waals surface area contributed by atoms with E-state index in [2.05, 4.69) is 20.6 Å². The third kappa shape index (κ3) is 4.39. The number of piperidine rings is 1. The first-order valence-corrected chi connectivity index (χ1v) is 13.0. The minimum atomic E-state index is -4.59. The number of hydrogen-bond donors (Lipinski definition) is 2. The number of nitrogens with zero attached hydrogens (tertiary/aromatic N) is 3. The third-order valence-corrected chi connectivity index (χ3v) is 8.30. The highest BCUT2D eigenvalue weighted by Gasteiger charge is 2.52. The van der Waals surface area contributed by atoms with Crippen molar-refractivity contribution in [2.24, 2.45) is 0 Å². The summed E-state index contributed by atoms with van der Waals surface area (Å²) in [6.07, 6.45) is -0.753. The second-order valence-corrected chi connectivity index (χ2v) is 10.7. The molecule has 2 aliphatic heterocycles. The fraction of sp³-hybridized carbons (Fsp3) is 0.345. The molecule has 1 aromatic carbocycles. The molecule has 0 radical (unpaired) electrons. The summed E-state index contributed by atoms with van der Waals surface area (Å²) in [5.74, 6) is -1.45. The van der Waals surface area contributed by atoms with Crippen LogP contribution >= 0.6 is 0 Å².